The zero-order valence-electron chi connectivity index (χ0n) is 5.63. The van der Waals surface area contributed by atoms with E-state index in [0.717, 1.165) is 10.4 Å². The van der Waals surface area contributed by atoms with Gasteiger partial charge in [0, 0.05) is 4.88 Å². The second-order valence-corrected chi connectivity index (χ2v) is 3.10. The molecule has 3 heteroatoms. The predicted molar refractivity (Wildman–Crippen MR) is 40.4 cm³/mol. The van der Waals surface area contributed by atoms with Gasteiger partial charge in [-0.1, -0.05) is 0 Å². The molecular weight excluding hydrogens is 148 g/mol. The van der Waals surface area contributed by atoms with Crippen LogP contribution in [0.1, 0.15) is 10.4 Å². The first-order valence-corrected chi connectivity index (χ1v) is 3.83. The van der Waals surface area contributed by atoms with Crippen LogP contribution < -0.4 is 0 Å². The molecule has 0 amide bonds. The Bertz CT molecular complexity index is 240. The molecule has 0 aromatic carbocycles. The highest BCUT2D eigenvalue weighted by Crippen LogP contribution is 2.15. The van der Waals surface area contributed by atoms with Gasteiger partial charge in [-0.2, -0.15) is 0 Å². The van der Waals surface area contributed by atoms with Crippen LogP contribution in [0.3, 0.4) is 0 Å². The zero-order valence-corrected chi connectivity index (χ0v) is 6.44. The van der Waals surface area contributed by atoms with E-state index in [1.54, 1.807) is 0 Å². The Morgan fingerprint density at radius 3 is 2.90 bits per heavy atom. The lowest BCUT2D eigenvalue weighted by Crippen LogP contribution is -1.98. The van der Waals surface area contributed by atoms with Gasteiger partial charge in [-0.25, -0.2) is 0 Å². The first-order valence-electron chi connectivity index (χ1n) is 2.95. The number of aliphatic carboxylic acids is 1. The molecule has 54 valence electrons. The van der Waals surface area contributed by atoms with Crippen molar-refractivity contribution in [1.29, 1.82) is 0 Å². The predicted octanol–water partition coefficient (Wildman–Crippen LogP) is 1.68. The maximum Gasteiger partial charge on any atom is 0.308 e. The Balaban J connectivity index is 2.74. The van der Waals surface area contributed by atoms with Crippen LogP contribution in [0.25, 0.3) is 0 Å². The molecule has 0 aliphatic rings. The fourth-order valence-electron chi connectivity index (χ4n) is 0.723. The lowest BCUT2D eigenvalue weighted by Gasteiger charge is -1.91. The van der Waals surface area contributed by atoms with Crippen molar-refractivity contribution in [3.05, 3.63) is 21.9 Å². The van der Waals surface area contributed by atoms with Gasteiger partial charge in [-0.15, -0.1) is 11.3 Å². The molecule has 0 saturated heterocycles. The highest BCUT2D eigenvalue weighted by atomic mass is 32.1. The molecule has 2 nitrogen and oxygen atoms in total. The quantitative estimate of drug-likeness (QED) is 0.707. The molecule has 0 radical (unpaired) electrons. The summed E-state index contributed by atoms with van der Waals surface area (Å²) in [5.74, 6) is -0.759. The fraction of sp³-hybridized carbons (Fsp3) is 0.286. The third-order valence-corrected chi connectivity index (χ3v) is 2.30. The Hall–Kier alpha value is -0.830. The largest absolute Gasteiger partial charge is 0.481 e. The van der Waals surface area contributed by atoms with Crippen LogP contribution in [0.4, 0.5) is 0 Å². The summed E-state index contributed by atoms with van der Waals surface area (Å²) in [6.07, 6.45) is 0.156. The van der Waals surface area contributed by atoms with E-state index < -0.39 is 5.97 Å². The van der Waals surface area contributed by atoms with Crippen molar-refractivity contribution < 1.29 is 9.90 Å². The number of carboxylic acid groups (broad SMARTS) is 1. The van der Waals surface area contributed by atoms with E-state index >= 15 is 0 Å². The summed E-state index contributed by atoms with van der Waals surface area (Å²) in [5.41, 5.74) is 1.08. The molecule has 10 heavy (non-hydrogen) atoms. The normalized spacial score (nSPS) is 9.70. The number of hydrogen-bond acceptors (Lipinski definition) is 2. The summed E-state index contributed by atoms with van der Waals surface area (Å²) in [5, 5.41) is 10.3. The second kappa shape index (κ2) is 2.84. The Labute approximate surface area is 63.1 Å². The van der Waals surface area contributed by atoms with E-state index in [-0.39, 0.29) is 6.42 Å². The van der Waals surface area contributed by atoms with Gasteiger partial charge in [-0.3, -0.25) is 4.79 Å². The van der Waals surface area contributed by atoms with Crippen LogP contribution in [0.2, 0.25) is 0 Å². The van der Waals surface area contributed by atoms with Gasteiger partial charge in [-0.05, 0) is 23.9 Å². The fourth-order valence-corrected chi connectivity index (χ4v) is 1.62. The maximum atomic E-state index is 10.2. The number of carboxylic acids is 1. The Morgan fingerprint density at radius 1 is 1.80 bits per heavy atom. The van der Waals surface area contributed by atoms with Crippen LogP contribution in [0, 0.1) is 6.92 Å². The molecule has 1 aromatic rings. The molecule has 0 unspecified atom stereocenters. The van der Waals surface area contributed by atoms with Crippen LogP contribution >= 0.6 is 11.3 Å². The van der Waals surface area contributed by atoms with E-state index in [1.807, 2.05) is 18.4 Å². The number of rotatable bonds is 2. The van der Waals surface area contributed by atoms with Gasteiger partial charge in [0.2, 0.25) is 0 Å². The van der Waals surface area contributed by atoms with E-state index in [2.05, 4.69) is 0 Å². The highest BCUT2D eigenvalue weighted by Gasteiger charge is 2.03. The third kappa shape index (κ3) is 1.57. The SMILES string of the molecule is Cc1ccsc1CC(=O)O. The molecule has 1 aromatic heterocycles. The molecule has 0 fully saturated rings. The molecule has 1 heterocycles. The van der Waals surface area contributed by atoms with Crippen molar-refractivity contribution >= 4 is 17.3 Å². The molecule has 0 saturated carbocycles. The van der Waals surface area contributed by atoms with Crippen LogP contribution in [-0.2, 0) is 11.2 Å². The number of aryl methyl sites for hydroxylation is 1. The first-order chi connectivity index (χ1) is 4.70. The van der Waals surface area contributed by atoms with E-state index in [0.29, 0.717) is 0 Å². The Kier molecular flexibility index (Phi) is 2.06. The van der Waals surface area contributed by atoms with Crippen molar-refractivity contribution in [3.8, 4) is 0 Å². The average molecular weight is 156 g/mol. The van der Waals surface area contributed by atoms with E-state index in [1.165, 1.54) is 11.3 Å². The van der Waals surface area contributed by atoms with Gasteiger partial charge >= 0.3 is 5.97 Å². The molecule has 0 spiro atoms. The molecule has 0 atom stereocenters. The summed E-state index contributed by atoms with van der Waals surface area (Å²) in [6.45, 7) is 1.93. The average Bonchev–Trinajstić information content (AvgIpc) is 2.15. The number of hydrogen-bond donors (Lipinski definition) is 1. The Morgan fingerprint density at radius 2 is 2.50 bits per heavy atom. The van der Waals surface area contributed by atoms with Gasteiger partial charge in [0.05, 0.1) is 6.42 Å². The lowest BCUT2D eigenvalue weighted by molar-refractivity contribution is -0.136. The number of carbonyl (C=O) groups is 1. The van der Waals surface area contributed by atoms with Crippen LogP contribution in [0.15, 0.2) is 11.4 Å². The molecular formula is C7H8O2S. The van der Waals surface area contributed by atoms with Crippen molar-refractivity contribution in [3.63, 3.8) is 0 Å². The molecule has 1 N–H and O–H groups in total. The van der Waals surface area contributed by atoms with Gasteiger partial charge in [0.1, 0.15) is 0 Å². The minimum Gasteiger partial charge on any atom is -0.481 e. The van der Waals surface area contributed by atoms with E-state index in [4.69, 9.17) is 5.11 Å². The van der Waals surface area contributed by atoms with Crippen molar-refractivity contribution in [1.82, 2.24) is 0 Å². The summed E-state index contributed by atoms with van der Waals surface area (Å²) < 4.78 is 0. The highest BCUT2D eigenvalue weighted by molar-refractivity contribution is 7.10. The van der Waals surface area contributed by atoms with Gasteiger partial charge < -0.3 is 5.11 Å². The maximum absolute atomic E-state index is 10.2. The standard InChI is InChI=1S/C7H8O2S/c1-5-2-3-10-6(5)4-7(8)9/h2-3H,4H2,1H3,(H,8,9). The topological polar surface area (TPSA) is 37.3 Å². The smallest absolute Gasteiger partial charge is 0.308 e. The third-order valence-electron chi connectivity index (χ3n) is 1.28. The first kappa shape index (κ1) is 7.28. The van der Waals surface area contributed by atoms with Crippen LogP contribution in [0.5, 0.6) is 0 Å². The van der Waals surface area contributed by atoms with Crippen LogP contribution in [-0.4, -0.2) is 11.1 Å². The van der Waals surface area contributed by atoms with E-state index in [9.17, 15) is 4.79 Å². The monoisotopic (exact) mass is 156 g/mol. The minimum absolute atomic E-state index is 0.156. The molecule has 0 aliphatic carbocycles. The second-order valence-electron chi connectivity index (χ2n) is 2.10. The molecule has 1 rings (SSSR count). The van der Waals surface area contributed by atoms with Gasteiger partial charge in [0.25, 0.3) is 0 Å². The zero-order chi connectivity index (χ0) is 7.56. The molecule has 0 bridgehead atoms. The minimum atomic E-state index is -0.759. The summed E-state index contributed by atoms with van der Waals surface area (Å²) in [4.78, 5) is 11.2. The van der Waals surface area contributed by atoms with Gasteiger partial charge in [0.15, 0.2) is 0 Å². The summed E-state index contributed by atoms with van der Waals surface area (Å²) in [7, 11) is 0. The van der Waals surface area contributed by atoms with Crippen molar-refractivity contribution in [2.75, 3.05) is 0 Å². The van der Waals surface area contributed by atoms with Crippen molar-refractivity contribution in [2.45, 2.75) is 13.3 Å². The van der Waals surface area contributed by atoms with Crippen molar-refractivity contribution in [2.24, 2.45) is 0 Å². The summed E-state index contributed by atoms with van der Waals surface area (Å²) >= 11 is 1.50. The summed E-state index contributed by atoms with van der Waals surface area (Å²) in [6, 6.07) is 1.93. The lowest BCUT2D eigenvalue weighted by atomic mass is 10.2. The number of thiophene rings is 1. The molecule has 0 aliphatic heterocycles.